The van der Waals surface area contributed by atoms with Gasteiger partial charge in [0.05, 0.1) is 27.2 Å². The predicted octanol–water partition coefficient (Wildman–Crippen LogP) is 6.82. The zero-order chi connectivity index (χ0) is 21.6. The molecule has 0 radical (unpaired) electrons. The third-order valence-electron chi connectivity index (χ3n) is 5.42. The summed E-state index contributed by atoms with van der Waals surface area (Å²) >= 11 is 12.2. The highest BCUT2D eigenvalue weighted by Crippen LogP contribution is 2.41. The van der Waals surface area contributed by atoms with Crippen LogP contribution in [0.2, 0.25) is 10.0 Å². The molecule has 4 rings (SSSR count). The molecule has 1 aromatic heterocycles. The van der Waals surface area contributed by atoms with Crippen molar-refractivity contribution in [2.75, 3.05) is 0 Å². The van der Waals surface area contributed by atoms with Crippen molar-refractivity contribution in [3.05, 3.63) is 75.4 Å². The maximum Gasteiger partial charge on any atom is 0.392 e. The van der Waals surface area contributed by atoms with Gasteiger partial charge in [-0.3, -0.25) is 0 Å². The largest absolute Gasteiger partial charge is 0.478 e. The molecule has 3 nitrogen and oxygen atoms in total. The average molecular weight is 454 g/mol. The fraction of sp³-hybridized carbons (Fsp3) is 0.227. The van der Waals surface area contributed by atoms with Gasteiger partial charge in [-0.05, 0) is 61.2 Å². The molecule has 8 heteroatoms. The van der Waals surface area contributed by atoms with Crippen molar-refractivity contribution in [2.24, 2.45) is 5.92 Å². The minimum Gasteiger partial charge on any atom is -0.478 e. The van der Waals surface area contributed by atoms with E-state index in [0.717, 1.165) is 5.69 Å². The Kier molecular flexibility index (Phi) is 5.32. The highest BCUT2D eigenvalue weighted by molar-refractivity contribution is 6.42. The minimum atomic E-state index is -4.26. The molecule has 1 heterocycles. The Morgan fingerprint density at radius 1 is 1.07 bits per heavy atom. The Morgan fingerprint density at radius 3 is 2.50 bits per heavy atom. The summed E-state index contributed by atoms with van der Waals surface area (Å²) in [7, 11) is 0. The Labute approximate surface area is 180 Å². The molecular formula is C22H16Cl2F3NO2. The van der Waals surface area contributed by atoms with E-state index >= 15 is 0 Å². The molecule has 0 saturated heterocycles. The SMILES string of the molecule is O=C(O)c1cccc(-n2c(-c3ccc(Cl)c(Cl)c3)cc3c2CCC(C(F)(F)F)C3)c1. The maximum atomic E-state index is 13.3. The van der Waals surface area contributed by atoms with Gasteiger partial charge in [-0.1, -0.05) is 35.3 Å². The van der Waals surface area contributed by atoms with Crippen LogP contribution in [-0.4, -0.2) is 21.8 Å². The number of hydrogen-bond donors (Lipinski definition) is 1. The van der Waals surface area contributed by atoms with Crippen LogP contribution in [-0.2, 0) is 12.8 Å². The molecular weight excluding hydrogens is 438 g/mol. The molecule has 0 aliphatic heterocycles. The van der Waals surface area contributed by atoms with Crippen molar-refractivity contribution in [3.8, 4) is 16.9 Å². The quantitative estimate of drug-likeness (QED) is 0.472. The molecule has 1 atom stereocenters. The van der Waals surface area contributed by atoms with Gasteiger partial charge in [0.25, 0.3) is 0 Å². The number of carboxylic acid groups (broad SMARTS) is 1. The van der Waals surface area contributed by atoms with Gasteiger partial charge < -0.3 is 9.67 Å². The molecule has 0 bridgehead atoms. The smallest absolute Gasteiger partial charge is 0.392 e. The van der Waals surface area contributed by atoms with E-state index < -0.39 is 18.1 Å². The third-order valence-corrected chi connectivity index (χ3v) is 6.16. The second-order valence-electron chi connectivity index (χ2n) is 7.30. The van der Waals surface area contributed by atoms with E-state index in [1.807, 2.05) is 4.57 Å². The zero-order valence-electron chi connectivity index (χ0n) is 15.5. The van der Waals surface area contributed by atoms with Crippen LogP contribution < -0.4 is 0 Å². The van der Waals surface area contributed by atoms with E-state index in [-0.39, 0.29) is 24.8 Å². The zero-order valence-corrected chi connectivity index (χ0v) is 17.0. The third kappa shape index (κ3) is 3.82. The number of aromatic carboxylic acids is 1. The van der Waals surface area contributed by atoms with Crippen LogP contribution >= 0.6 is 23.2 Å². The number of carbonyl (C=O) groups is 1. The summed E-state index contributed by atoms with van der Waals surface area (Å²) in [5.74, 6) is -2.47. The van der Waals surface area contributed by atoms with Crippen molar-refractivity contribution in [1.29, 1.82) is 0 Å². The fourth-order valence-electron chi connectivity index (χ4n) is 3.95. The van der Waals surface area contributed by atoms with E-state index in [1.54, 1.807) is 36.4 Å². The molecule has 0 spiro atoms. The predicted molar refractivity (Wildman–Crippen MR) is 110 cm³/mol. The summed E-state index contributed by atoms with van der Waals surface area (Å²) < 4.78 is 41.8. The molecule has 1 aliphatic rings. The van der Waals surface area contributed by atoms with Crippen LogP contribution in [0.25, 0.3) is 16.9 Å². The number of fused-ring (bicyclic) bond motifs is 1. The molecule has 30 heavy (non-hydrogen) atoms. The summed E-state index contributed by atoms with van der Waals surface area (Å²) in [4.78, 5) is 11.4. The first kappa shape index (κ1) is 20.8. The Morgan fingerprint density at radius 2 is 1.83 bits per heavy atom. The van der Waals surface area contributed by atoms with Crippen molar-refractivity contribution in [3.63, 3.8) is 0 Å². The molecule has 2 aromatic carbocycles. The number of hydrogen-bond acceptors (Lipinski definition) is 1. The van der Waals surface area contributed by atoms with Gasteiger partial charge in [0.2, 0.25) is 0 Å². The van der Waals surface area contributed by atoms with Crippen molar-refractivity contribution in [1.82, 2.24) is 4.57 Å². The van der Waals surface area contributed by atoms with Crippen molar-refractivity contribution >= 4 is 29.2 Å². The maximum absolute atomic E-state index is 13.3. The average Bonchev–Trinajstić information content (AvgIpc) is 3.08. The fourth-order valence-corrected chi connectivity index (χ4v) is 4.25. The van der Waals surface area contributed by atoms with Crippen LogP contribution in [0.5, 0.6) is 0 Å². The molecule has 0 saturated carbocycles. The van der Waals surface area contributed by atoms with E-state index in [9.17, 15) is 23.1 Å². The van der Waals surface area contributed by atoms with Crippen LogP contribution in [0.3, 0.4) is 0 Å². The van der Waals surface area contributed by atoms with Gasteiger partial charge in [0.15, 0.2) is 0 Å². The highest BCUT2D eigenvalue weighted by atomic mass is 35.5. The van der Waals surface area contributed by atoms with Crippen LogP contribution in [0.15, 0.2) is 48.5 Å². The lowest BCUT2D eigenvalue weighted by atomic mass is 9.87. The van der Waals surface area contributed by atoms with Gasteiger partial charge in [0.1, 0.15) is 0 Å². The molecule has 156 valence electrons. The second kappa shape index (κ2) is 7.67. The van der Waals surface area contributed by atoms with Gasteiger partial charge in [-0.2, -0.15) is 13.2 Å². The second-order valence-corrected chi connectivity index (χ2v) is 8.12. The normalized spacial score (nSPS) is 16.4. The molecule has 1 aliphatic carbocycles. The topological polar surface area (TPSA) is 42.2 Å². The standard InChI is InChI=1S/C22H16Cl2F3NO2/c23-17-6-4-12(10-18(17)24)20-11-14-8-15(22(25,26)27)5-7-19(14)28(20)16-3-1-2-13(9-16)21(29)30/h1-4,6,9-11,15H,5,7-8H2,(H,29,30). The van der Waals surface area contributed by atoms with Crippen LogP contribution in [0, 0.1) is 5.92 Å². The van der Waals surface area contributed by atoms with Crippen LogP contribution in [0.4, 0.5) is 13.2 Å². The molecule has 1 unspecified atom stereocenters. The molecule has 0 fully saturated rings. The number of halogens is 5. The summed E-state index contributed by atoms with van der Waals surface area (Å²) in [6.45, 7) is 0. The molecule has 3 aromatic rings. The number of carboxylic acids is 1. The Bertz CT molecular complexity index is 1140. The minimum absolute atomic E-state index is 0.0139. The number of nitrogens with zero attached hydrogens (tertiary/aromatic N) is 1. The lowest BCUT2D eigenvalue weighted by Gasteiger charge is -2.26. The van der Waals surface area contributed by atoms with Crippen molar-refractivity contribution in [2.45, 2.75) is 25.4 Å². The number of aromatic nitrogens is 1. The van der Waals surface area contributed by atoms with Gasteiger partial charge >= 0.3 is 12.1 Å². The van der Waals surface area contributed by atoms with Gasteiger partial charge in [-0.15, -0.1) is 0 Å². The van der Waals surface area contributed by atoms with Crippen molar-refractivity contribution < 1.29 is 23.1 Å². The first-order chi connectivity index (χ1) is 14.1. The highest BCUT2D eigenvalue weighted by Gasteiger charge is 2.42. The first-order valence-corrected chi connectivity index (χ1v) is 10.00. The van der Waals surface area contributed by atoms with E-state index in [2.05, 4.69) is 0 Å². The summed E-state index contributed by atoms with van der Waals surface area (Å²) in [6, 6.07) is 13.1. The number of rotatable bonds is 3. The van der Waals surface area contributed by atoms with Gasteiger partial charge in [0, 0.05) is 16.9 Å². The molecule has 1 N–H and O–H groups in total. The summed E-state index contributed by atoms with van der Waals surface area (Å²) in [5.41, 5.74) is 3.35. The Hall–Kier alpha value is -2.44. The lowest BCUT2D eigenvalue weighted by Crippen LogP contribution is -2.29. The first-order valence-electron chi connectivity index (χ1n) is 9.24. The summed E-state index contributed by atoms with van der Waals surface area (Å²) in [6.07, 6.45) is -4.15. The van der Waals surface area contributed by atoms with E-state index in [1.165, 1.54) is 12.1 Å². The number of alkyl halides is 3. The molecule has 0 amide bonds. The monoisotopic (exact) mass is 453 g/mol. The van der Waals surface area contributed by atoms with E-state index in [4.69, 9.17) is 23.2 Å². The van der Waals surface area contributed by atoms with Crippen LogP contribution in [0.1, 0.15) is 28.0 Å². The van der Waals surface area contributed by atoms with E-state index in [0.29, 0.717) is 32.6 Å². The number of benzene rings is 2. The lowest BCUT2D eigenvalue weighted by molar-refractivity contribution is -0.177. The van der Waals surface area contributed by atoms with Gasteiger partial charge in [-0.25, -0.2) is 4.79 Å². The Balaban J connectivity index is 1.91. The summed E-state index contributed by atoms with van der Waals surface area (Å²) in [5, 5.41) is 10.1.